The fourth-order valence-corrected chi connectivity index (χ4v) is 3.95. The van der Waals surface area contributed by atoms with Crippen molar-refractivity contribution in [2.75, 3.05) is 35.2 Å². The van der Waals surface area contributed by atoms with Gasteiger partial charge in [0.15, 0.2) is 0 Å². The van der Waals surface area contributed by atoms with E-state index < -0.39 is 6.03 Å². The molecule has 3 N–H and O–H groups in total. The second-order valence-corrected chi connectivity index (χ2v) is 7.98. The van der Waals surface area contributed by atoms with Gasteiger partial charge in [-0.25, -0.2) is 4.79 Å². The summed E-state index contributed by atoms with van der Waals surface area (Å²) in [5, 5.41) is 8.62. The lowest BCUT2D eigenvalue weighted by atomic mass is 10.1. The van der Waals surface area contributed by atoms with Crippen molar-refractivity contribution in [2.45, 2.75) is 26.3 Å². The predicted octanol–water partition coefficient (Wildman–Crippen LogP) is 4.65. The number of hydrogen-bond donors (Lipinski definition) is 3. The number of rotatable bonds is 8. The monoisotopic (exact) mass is 459 g/mol. The van der Waals surface area contributed by atoms with Crippen molar-refractivity contribution in [2.24, 2.45) is 0 Å². The number of nitrogens with zero attached hydrogens (tertiary/aromatic N) is 2. The van der Waals surface area contributed by atoms with E-state index in [1.165, 1.54) is 0 Å². The smallest absolute Gasteiger partial charge is 0.323 e. The summed E-state index contributed by atoms with van der Waals surface area (Å²) in [5.74, 6) is 0.400. The molecule has 1 saturated heterocycles. The molecule has 0 atom stereocenters. The van der Waals surface area contributed by atoms with Gasteiger partial charge in [0.2, 0.25) is 0 Å². The van der Waals surface area contributed by atoms with Crippen LogP contribution in [0.15, 0.2) is 67.0 Å². The van der Waals surface area contributed by atoms with Crippen LogP contribution >= 0.6 is 0 Å². The third-order valence-electron chi connectivity index (χ3n) is 5.56. The molecule has 0 radical (unpaired) electrons. The molecule has 176 valence electrons. The van der Waals surface area contributed by atoms with Crippen molar-refractivity contribution in [1.82, 2.24) is 10.3 Å². The van der Waals surface area contributed by atoms with E-state index in [9.17, 15) is 9.59 Å². The van der Waals surface area contributed by atoms with Crippen LogP contribution in [0.2, 0.25) is 0 Å². The van der Waals surface area contributed by atoms with Crippen molar-refractivity contribution in [3.63, 3.8) is 0 Å². The highest BCUT2D eigenvalue weighted by molar-refractivity contribution is 6.04. The van der Waals surface area contributed by atoms with Gasteiger partial charge in [0.05, 0.1) is 17.9 Å². The molecule has 0 saturated carbocycles. The molecule has 1 fully saturated rings. The van der Waals surface area contributed by atoms with E-state index in [2.05, 4.69) is 25.8 Å². The highest BCUT2D eigenvalue weighted by Gasteiger charge is 2.20. The minimum atomic E-state index is -0.414. The minimum Gasteiger partial charge on any atom is -0.492 e. The van der Waals surface area contributed by atoms with Crippen LogP contribution in [0.4, 0.5) is 21.9 Å². The van der Waals surface area contributed by atoms with Crippen LogP contribution < -0.4 is 25.6 Å². The maximum atomic E-state index is 13.1. The number of aromatic nitrogens is 1. The normalized spacial score (nSPS) is 12.8. The Labute approximate surface area is 199 Å². The lowest BCUT2D eigenvalue weighted by molar-refractivity contribution is 0.0951. The lowest BCUT2D eigenvalue weighted by Crippen LogP contribution is -2.28. The van der Waals surface area contributed by atoms with Crippen molar-refractivity contribution in [1.29, 1.82) is 0 Å². The highest BCUT2D eigenvalue weighted by atomic mass is 16.5. The number of pyridine rings is 1. The Kier molecular flexibility index (Phi) is 7.60. The van der Waals surface area contributed by atoms with Crippen molar-refractivity contribution in [3.8, 4) is 5.75 Å². The SMILES string of the molecule is CCOc1ccccc1NC(=O)Nc1ccc(N2CCCC2)c(C(=O)NCc2cccnc2)c1. The summed E-state index contributed by atoms with van der Waals surface area (Å²) >= 11 is 0. The number of urea groups is 1. The zero-order valence-electron chi connectivity index (χ0n) is 19.2. The lowest BCUT2D eigenvalue weighted by Gasteiger charge is -2.22. The van der Waals surface area contributed by atoms with Gasteiger partial charge < -0.3 is 25.6 Å². The van der Waals surface area contributed by atoms with Crippen molar-refractivity contribution in [3.05, 3.63) is 78.1 Å². The van der Waals surface area contributed by atoms with Gasteiger partial charge in [-0.2, -0.15) is 0 Å². The van der Waals surface area contributed by atoms with Gasteiger partial charge in [-0.3, -0.25) is 9.78 Å². The Balaban J connectivity index is 1.50. The van der Waals surface area contributed by atoms with Crippen LogP contribution in [-0.4, -0.2) is 36.6 Å². The van der Waals surface area contributed by atoms with Gasteiger partial charge in [-0.1, -0.05) is 18.2 Å². The van der Waals surface area contributed by atoms with Gasteiger partial charge in [-0.05, 0) is 61.7 Å². The van der Waals surface area contributed by atoms with Gasteiger partial charge >= 0.3 is 6.03 Å². The Hall–Kier alpha value is -4.07. The maximum Gasteiger partial charge on any atom is 0.323 e. The molecular weight excluding hydrogens is 430 g/mol. The molecule has 2 heterocycles. The first-order valence-corrected chi connectivity index (χ1v) is 11.5. The number of hydrogen-bond acceptors (Lipinski definition) is 5. The van der Waals surface area contributed by atoms with E-state index in [-0.39, 0.29) is 5.91 Å². The summed E-state index contributed by atoms with van der Waals surface area (Å²) < 4.78 is 5.57. The molecule has 0 aliphatic carbocycles. The molecule has 1 aliphatic heterocycles. The molecule has 1 aliphatic rings. The van der Waals surface area contributed by atoms with Crippen LogP contribution in [0.1, 0.15) is 35.7 Å². The molecule has 34 heavy (non-hydrogen) atoms. The van der Waals surface area contributed by atoms with E-state index in [0.29, 0.717) is 35.8 Å². The number of anilines is 3. The molecule has 0 unspecified atom stereocenters. The number of benzene rings is 2. The summed E-state index contributed by atoms with van der Waals surface area (Å²) in [7, 11) is 0. The Morgan fingerprint density at radius 3 is 2.62 bits per heavy atom. The first-order valence-electron chi connectivity index (χ1n) is 11.5. The molecule has 1 aromatic heterocycles. The van der Waals surface area contributed by atoms with E-state index in [1.54, 1.807) is 30.6 Å². The van der Waals surface area contributed by atoms with E-state index in [1.807, 2.05) is 43.3 Å². The highest BCUT2D eigenvalue weighted by Crippen LogP contribution is 2.28. The molecular formula is C26H29N5O3. The van der Waals surface area contributed by atoms with Crippen molar-refractivity contribution < 1.29 is 14.3 Å². The Bertz CT molecular complexity index is 1130. The molecule has 4 rings (SSSR count). The number of nitrogens with one attached hydrogen (secondary N) is 3. The average molecular weight is 460 g/mol. The summed E-state index contributed by atoms with van der Waals surface area (Å²) in [4.78, 5) is 32.1. The van der Waals surface area contributed by atoms with Crippen LogP contribution in [0.3, 0.4) is 0 Å². The van der Waals surface area contributed by atoms with E-state index >= 15 is 0 Å². The molecule has 8 heteroatoms. The molecule has 0 spiro atoms. The predicted molar refractivity (Wildman–Crippen MR) is 134 cm³/mol. The third kappa shape index (κ3) is 5.83. The quantitative estimate of drug-likeness (QED) is 0.456. The van der Waals surface area contributed by atoms with Gasteiger partial charge in [0, 0.05) is 43.4 Å². The Morgan fingerprint density at radius 2 is 1.85 bits per heavy atom. The fourth-order valence-electron chi connectivity index (χ4n) is 3.95. The van der Waals surface area contributed by atoms with Crippen LogP contribution in [0.25, 0.3) is 0 Å². The van der Waals surface area contributed by atoms with Crippen LogP contribution in [0, 0.1) is 0 Å². The standard InChI is InChI=1S/C26H29N5O3/c1-2-34-24-10-4-3-9-22(24)30-26(33)29-20-11-12-23(31-14-5-6-15-31)21(16-20)25(32)28-18-19-8-7-13-27-17-19/h3-4,7-13,16-17H,2,5-6,14-15,18H2,1H3,(H,28,32)(H2,29,30,33). The van der Waals surface area contributed by atoms with Gasteiger partial charge in [0.1, 0.15) is 5.75 Å². The topological polar surface area (TPSA) is 95.6 Å². The van der Waals surface area contributed by atoms with E-state index in [4.69, 9.17) is 4.74 Å². The summed E-state index contributed by atoms with van der Waals surface area (Å²) in [6, 6.07) is 16.0. The van der Waals surface area contributed by atoms with Gasteiger partial charge in [0.25, 0.3) is 5.91 Å². The molecule has 3 aromatic rings. The molecule has 3 amide bonds. The fraction of sp³-hybridized carbons (Fsp3) is 0.269. The Morgan fingerprint density at radius 1 is 1.03 bits per heavy atom. The van der Waals surface area contributed by atoms with Crippen LogP contribution in [-0.2, 0) is 6.54 Å². The van der Waals surface area contributed by atoms with Crippen molar-refractivity contribution >= 4 is 29.0 Å². The number of carbonyl (C=O) groups is 2. The number of para-hydroxylation sites is 2. The second-order valence-electron chi connectivity index (χ2n) is 7.98. The minimum absolute atomic E-state index is 0.198. The maximum absolute atomic E-state index is 13.1. The average Bonchev–Trinajstić information content (AvgIpc) is 3.39. The van der Waals surface area contributed by atoms with Crippen LogP contribution in [0.5, 0.6) is 5.75 Å². The number of amides is 3. The second kappa shape index (κ2) is 11.2. The zero-order chi connectivity index (χ0) is 23.8. The first kappa shape index (κ1) is 23.1. The zero-order valence-corrected chi connectivity index (χ0v) is 19.2. The number of carbonyl (C=O) groups excluding carboxylic acids is 2. The molecule has 2 aromatic carbocycles. The first-order chi connectivity index (χ1) is 16.6. The summed E-state index contributed by atoms with van der Waals surface area (Å²) in [6.07, 6.45) is 5.62. The van der Waals surface area contributed by atoms with Gasteiger partial charge in [-0.15, -0.1) is 0 Å². The summed E-state index contributed by atoms with van der Waals surface area (Å²) in [5.41, 5.74) is 3.41. The molecule has 0 bridgehead atoms. The molecule has 8 nitrogen and oxygen atoms in total. The largest absolute Gasteiger partial charge is 0.492 e. The van der Waals surface area contributed by atoms with E-state index in [0.717, 1.165) is 37.2 Å². The summed E-state index contributed by atoms with van der Waals surface area (Å²) in [6.45, 7) is 4.57. The third-order valence-corrected chi connectivity index (χ3v) is 5.56. The number of ether oxygens (including phenoxy) is 1.